The number of aryl methyl sites for hydroxylation is 2. The minimum atomic E-state index is -0.790. The van der Waals surface area contributed by atoms with E-state index in [2.05, 4.69) is 10.1 Å². The van der Waals surface area contributed by atoms with Crippen molar-refractivity contribution in [2.75, 3.05) is 0 Å². The first-order valence-electron chi connectivity index (χ1n) is 10.9. The van der Waals surface area contributed by atoms with E-state index >= 15 is 0 Å². The van der Waals surface area contributed by atoms with Gasteiger partial charge in [0.1, 0.15) is 22.4 Å². The molecule has 3 aromatic heterocycles. The molecule has 7 nitrogen and oxygen atoms in total. The van der Waals surface area contributed by atoms with E-state index in [1.165, 1.54) is 10.5 Å². The summed E-state index contributed by atoms with van der Waals surface area (Å²) in [5.41, 5.74) is 1.73. The average Bonchev–Trinajstić information content (AvgIpc) is 3.23. The highest BCUT2D eigenvalue weighted by molar-refractivity contribution is 6.31. The van der Waals surface area contributed by atoms with Crippen molar-refractivity contribution in [3.05, 3.63) is 80.8 Å². The number of halogens is 3. The Hall–Kier alpha value is -3.17. The predicted octanol–water partition coefficient (Wildman–Crippen LogP) is 4.75. The topological polar surface area (TPSA) is 74.3 Å². The number of benzene rings is 1. The van der Waals surface area contributed by atoms with Gasteiger partial charge in [-0.05, 0) is 38.8 Å². The van der Waals surface area contributed by atoms with Gasteiger partial charge in [-0.2, -0.15) is 5.10 Å². The molecule has 1 aromatic carbocycles. The maximum atomic E-state index is 14.8. The molecule has 0 amide bonds. The standard InChI is InChI=1S/C24H22ClF2N5O2/c1-12-6-14(7-20(34-12)15-9-28-31(3)10-15)19-11-32-23(29-13(2)21(25)24(32)33)22(30-19)17-5-4-16(26)8-18(17)27/h4-5,8-12,14,20H,6-7H2,1-3H3/t12-,14?,20-/m1/s1. The molecule has 176 valence electrons. The van der Waals surface area contributed by atoms with Gasteiger partial charge in [-0.1, -0.05) is 11.6 Å². The smallest absolute Gasteiger partial charge is 0.277 e. The number of aromatic nitrogens is 5. The van der Waals surface area contributed by atoms with Gasteiger partial charge in [0.2, 0.25) is 0 Å². The monoisotopic (exact) mass is 485 g/mol. The Morgan fingerprint density at radius 1 is 1.18 bits per heavy atom. The molecule has 0 bridgehead atoms. The van der Waals surface area contributed by atoms with E-state index in [1.54, 1.807) is 24.0 Å². The molecule has 1 unspecified atom stereocenters. The third kappa shape index (κ3) is 3.99. The zero-order chi connectivity index (χ0) is 24.1. The summed E-state index contributed by atoms with van der Waals surface area (Å²) in [4.78, 5) is 22.2. The number of fused-ring (bicyclic) bond motifs is 1. The van der Waals surface area contributed by atoms with E-state index in [1.807, 2.05) is 20.2 Å². The molecule has 0 spiro atoms. The van der Waals surface area contributed by atoms with Gasteiger partial charge in [0.25, 0.3) is 5.56 Å². The highest BCUT2D eigenvalue weighted by Crippen LogP contribution is 2.40. The number of ether oxygens (including phenoxy) is 1. The van der Waals surface area contributed by atoms with Crippen LogP contribution in [0.1, 0.15) is 48.7 Å². The fourth-order valence-electron chi connectivity index (χ4n) is 4.51. The fourth-order valence-corrected chi connectivity index (χ4v) is 4.65. The molecule has 4 heterocycles. The molecule has 1 aliphatic rings. The van der Waals surface area contributed by atoms with Crippen LogP contribution in [0.4, 0.5) is 8.78 Å². The second-order valence-corrected chi connectivity index (χ2v) is 9.08. The summed E-state index contributed by atoms with van der Waals surface area (Å²) in [6.07, 6.45) is 6.26. The van der Waals surface area contributed by atoms with Crippen molar-refractivity contribution in [1.29, 1.82) is 0 Å². The summed E-state index contributed by atoms with van der Waals surface area (Å²) < 4.78 is 37.6. The van der Waals surface area contributed by atoms with Gasteiger partial charge >= 0.3 is 0 Å². The molecular formula is C24H22ClF2N5O2. The highest BCUT2D eigenvalue weighted by Gasteiger charge is 2.32. The minimum absolute atomic E-state index is 0.0197. The first-order chi connectivity index (χ1) is 16.2. The molecule has 0 aliphatic carbocycles. The van der Waals surface area contributed by atoms with Crippen LogP contribution in [0.25, 0.3) is 16.9 Å². The zero-order valence-electron chi connectivity index (χ0n) is 18.8. The van der Waals surface area contributed by atoms with E-state index in [4.69, 9.17) is 21.3 Å². The van der Waals surface area contributed by atoms with Gasteiger partial charge in [-0.25, -0.2) is 18.7 Å². The van der Waals surface area contributed by atoms with E-state index in [0.717, 1.165) is 17.7 Å². The molecule has 10 heteroatoms. The molecule has 34 heavy (non-hydrogen) atoms. The molecule has 1 aliphatic heterocycles. The van der Waals surface area contributed by atoms with Crippen LogP contribution in [0.2, 0.25) is 5.02 Å². The van der Waals surface area contributed by atoms with Crippen molar-refractivity contribution in [2.24, 2.45) is 7.05 Å². The van der Waals surface area contributed by atoms with Crippen molar-refractivity contribution in [1.82, 2.24) is 24.1 Å². The van der Waals surface area contributed by atoms with E-state index in [9.17, 15) is 13.6 Å². The van der Waals surface area contributed by atoms with Crippen LogP contribution >= 0.6 is 11.6 Å². The summed E-state index contributed by atoms with van der Waals surface area (Å²) in [5.74, 6) is -1.58. The number of hydrogen-bond acceptors (Lipinski definition) is 5. The summed E-state index contributed by atoms with van der Waals surface area (Å²) in [6, 6.07) is 3.24. The Morgan fingerprint density at radius 2 is 1.97 bits per heavy atom. The Kier molecular flexibility index (Phi) is 5.69. The van der Waals surface area contributed by atoms with Crippen LogP contribution in [-0.2, 0) is 11.8 Å². The third-order valence-corrected chi connectivity index (χ3v) is 6.59. The van der Waals surface area contributed by atoms with Gasteiger partial charge in [-0.15, -0.1) is 0 Å². The van der Waals surface area contributed by atoms with Crippen LogP contribution in [0.5, 0.6) is 0 Å². The summed E-state index contributed by atoms with van der Waals surface area (Å²) >= 11 is 6.20. The van der Waals surface area contributed by atoms with Crippen molar-refractivity contribution in [3.63, 3.8) is 0 Å². The highest BCUT2D eigenvalue weighted by atomic mass is 35.5. The first-order valence-corrected chi connectivity index (χ1v) is 11.3. The summed E-state index contributed by atoms with van der Waals surface area (Å²) in [6.45, 7) is 3.58. The lowest BCUT2D eigenvalue weighted by Crippen LogP contribution is -2.27. The largest absolute Gasteiger partial charge is 0.370 e. The quantitative estimate of drug-likeness (QED) is 0.418. The van der Waals surface area contributed by atoms with Crippen molar-refractivity contribution in [2.45, 2.75) is 44.8 Å². The number of nitrogens with zero attached hydrogens (tertiary/aromatic N) is 5. The lowest BCUT2D eigenvalue weighted by atomic mass is 9.87. The Balaban J connectivity index is 1.69. The van der Waals surface area contributed by atoms with Crippen molar-refractivity contribution >= 4 is 17.2 Å². The predicted molar refractivity (Wildman–Crippen MR) is 123 cm³/mol. The van der Waals surface area contributed by atoms with Gasteiger partial charge < -0.3 is 4.74 Å². The average molecular weight is 486 g/mol. The minimum Gasteiger partial charge on any atom is -0.370 e. The van der Waals surface area contributed by atoms with E-state index in [-0.39, 0.29) is 40.1 Å². The molecule has 3 atom stereocenters. The molecule has 1 saturated heterocycles. The number of hydrogen-bond donors (Lipinski definition) is 0. The van der Waals surface area contributed by atoms with Gasteiger partial charge in [0.15, 0.2) is 5.65 Å². The van der Waals surface area contributed by atoms with Crippen LogP contribution < -0.4 is 5.56 Å². The van der Waals surface area contributed by atoms with Crippen LogP contribution in [0, 0.1) is 18.6 Å². The summed E-state index contributed by atoms with van der Waals surface area (Å²) in [7, 11) is 1.84. The molecule has 5 rings (SSSR count). The molecule has 4 aromatic rings. The third-order valence-electron chi connectivity index (χ3n) is 6.15. The Morgan fingerprint density at radius 3 is 2.68 bits per heavy atom. The van der Waals surface area contributed by atoms with Crippen LogP contribution in [0.3, 0.4) is 0 Å². The van der Waals surface area contributed by atoms with Crippen LogP contribution in [0.15, 0.2) is 41.6 Å². The first kappa shape index (κ1) is 22.6. The molecule has 0 N–H and O–H groups in total. The zero-order valence-corrected chi connectivity index (χ0v) is 19.6. The van der Waals surface area contributed by atoms with E-state index in [0.29, 0.717) is 24.2 Å². The lowest BCUT2D eigenvalue weighted by molar-refractivity contribution is -0.0506. The van der Waals surface area contributed by atoms with Gasteiger partial charge in [0, 0.05) is 42.6 Å². The molecule has 0 radical (unpaired) electrons. The Labute approximate surface area is 199 Å². The fraction of sp³-hybridized carbons (Fsp3) is 0.333. The summed E-state index contributed by atoms with van der Waals surface area (Å²) in [5, 5.41) is 4.22. The SMILES string of the molecule is Cc1nc2c(-c3ccc(F)cc3F)nc(C3C[C@@H](C)O[C@@H](c4cnn(C)c4)C3)cn2c(=O)c1Cl. The second-order valence-electron chi connectivity index (χ2n) is 8.70. The molecule has 0 saturated carbocycles. The van der Waals surface area contributed by atoms with Gasteiger partial charge in [0.05, 0.1) is 29.8 Å². The normalized spacial score (nSPS) is 20.7. The maximum absolute atomic E-state index is 14.8. The van der Waals surface area contributed by atoms with E-state index < -0.39 is 17.2 Å². The van der Waals surface area contributed by atoms with Crippen molar-refractivity contribution < 1.29 is 13.5 Å². The molecular weight excluding hydrogens is 464 g/mol. The van der Waals surface area contributed by atoms with Crippen LogP contribution in [-0.4, -0.2) is 30.3 Å². The van der Waals surface area contributed by atoms with Gasteiger partial charge in [-0.3, -0.25) is 13.9 Å². The maximum Gasteiger partial charge on any atom is 0.277 e. The molecule has 1 fully saturated rings. The lowest BCUT2D eigenvalue weighted by Gasteiger charge is -2.33. The Bertz CT molecular complexity index is 1470. The second kappa shape index (κ2) is 8.56. The van der Waals surface area contributed by atoms with Crippen molar-refractivity contribution in [3.8, 4) is 11.3 Å². The number of rotatable bonds is 3.